The summed E-state index contributed by atoms with van der Waals surface area (Å²) >= 11 is 0. The van der Waals surface area contributed by atoms with Crippen molar-refractivity contribution in [1.29, 1.82) is 0 Å². The molecular weight excluding hydrogens is 220 g/mol. The second kappa shape index (κ2) is 5.79. The third-order valence-corrected chi connectivity index (χ3v) is 2.55. The summed E-state index contributed by atoms with van der Waals surface area (Å²) in [6.07, 6.45) is 1.38. The van der Waals surface area contributed by atoms with Crippen molar-refractivity contribution < 1.29 is 9.90 Å². The van der Waals surface area contributed by atoms with Gasteiger partial charge in [-0.3, -0.25) is 4.68 Å². The summed E-state index contributed by atoms with van der Waals surface area (Å²) in [6.45, 7) is 3.48. The number of aromatic nitrogens is 2. The number of nitrogens with one attached hydrogen (secondary N) is 1. The van der Waals surface area contributed by atoms with Crippen LogP contribution in [0, 0.1) is 0 Å². The lowest BCUT2D eigenvalue weighted by Crippen LogP contribution is -2.36. The Morgan fingerprint density at radius 1 is 1.65 bits per heavy atom. The third-order valence-electron chi connectivity index (χ3n) is 2.55. The second-order valence-corrected chi connectivity index (χ2v) is 4.48. The zero-order valence-corrected chi connectivity index (χ0v) is 10.8. The zero-order chi connectivity index (χ0) is 13.0. The Bertz CT molecular complexity index is 387. The highest BCUT2D eigenvalue weighted by atomic mass is 16.4. The molecule has 0 aliphatic heterocycles. The fourth-order valence-electron chi connectivity index (χ4n) is 1.73. The van der Waals surface area contributed by atoms with Gasteiger partial charge in [-0.2, -0.15) is 5.10 Å². The number of aryl methyl sites for hydroxylation is 1. The molecule has 0 aliphatic carbocycles. The van der Waals surface area contributed by atoms with E-state index in [9.17, 15) is 4.79 Å². The molecule has 1 aromatic rings. The minimum Gasteiger partial charge on any atom is -0.478 e. The summed E-state index contributed by atoms with van der Waals surface area (Å²) in [7, 11) is 5.76. The highest BCUT2D eigenvalue weighted by Gasteiger charge is 2.15. The van der Waals surface area contributed by atoms with Gasteiger partial charge in [0, 0.05) is 26.2 Å². The monoisotopic (exact) mass is 240 g/mol. The van der Waals surface area contributed by atoms with Crippen molar-refractivity contribution >= 4 is 5.97 Å². The minimum atomic E-state index is -0.935. The Balaban J connectivity index is 2.62. The van der Waals surface area contributed by atoms with E-state index in [1.165, 1.54) is 6.20 Å². The molecule has 1 rings (SSSR count). The van der Waals surface area contributed by atoms with Crippen molar-refractivity contribution in [2.24, 2.45) is 7.05 Å². The van der Waals surface area contributed by atoms with E-state index in [-0.39, 0.29) is 5.56 Å². The van der Waals surface area contributed by atoms with E-state index in [2.05, 4.69) is 22.2 Å². The van der Waals surface area contributed by atoms with E-state index in [1.54, 1.807) is 11.7 Å². The van der Waals surface area contributed by atoms with Crippen LogP contribution in [0.5, 0.6) is 0 Å². The van der Waals surface area contributed by atoms with Crippen LogP contribution < -0.4 is 5.32 Å². The Morgan fingerprint density at radius 2 is 2.29 bits per heavy atom. The number of carboxylic acids is 1. The number of rotatable bonds is 6. The van der Waals surface area contributed by atoms with Gasteiger partial charge in [0.1, 0.15) is 5.56 Å². The van der Waals surface area contributed by atoms with Crippen molar-refractivity contribution in [3.63, 3.8) is 0 Å². The molecule has 2 N–H and O–H groups in total. The molecule has 0 saturated carbocycles. The van der Waals surface area contributed by atoms with E-state index in [0.717, 1.165) is 6.54 Å². The van der Waals surface area contributed by atoms with E-state index in [0.29, 0.717) is 18.3 Å². The van der Waals surface area contributed by atoms with Crippen LogP contribution in [-0.4, -0.2) is 52.4 Å². The Labute approximate surface area is 101 Å². The molecule has 1 heterocycles. The molecule has 6 heteroatoms. The van der Waals surface area contributed by atoms with Crippen molar-refractivity contribution in [3.05, 3.63) is 17.5 Å². The first kappa shape index (κ1) is 13.7. The number of likely N-dealkylation sites (N-methyl/N-ethyl adjacent to an activating group) is 1. The van der Waals surface area contributed by atoms with Gasteiger partial charge in [0.25, 0.3) is 0 Å². The Kier molecular flexibility index (Phi) is 4.65. The van der Waals surface area contributed by atoms with Crippen LogP contribution in [0.2, 0.25) is 0 Å². The van der Waals surface area contributed by atoms with E-state index in [1.807, 2.05) is 14.1 Å². The van der Waals surface area contributed by atoms with Gasteiger partial charge in [0.15, 0.2) is 0 Å². The molecule has 1 unspecified atom stereocenters. The van der Waals surface area contributed by atoms with Crippen molar-refractivity contribution in [2.75, 3.05) is 20.6 Å². The van der Waals surface area contributed by atoms with Crippen molar-refractivity contribution in [2.45, 2.75) is 19.5 Å². The van der Waals surface area contributed by atoms with Crippen LogP contribution in [0.25, 0.3) is 0 Å². The van der Waals surface area contributed by atoms with Gasteiger partial charge >= 0.3 is 5.97 Å². The highest BCUT2D eigenvalue weighted by molar-refractivity contribution is 5.88. The normalized spacial score (nSPS) is 13.0. The summed E-state index contributed by atoms with van der Waals surface area (Å²) < 4.78 is 1.60. The van der Waals surface area contributed by atoms with Crippen molar-refractivity contribution in [1.82, 2.24) is 20.0 Å². The maximum atomic E-state index is 11.0. The molecule has 17 heavy (non-hydrogen) atoms. The summed E-state index contributed by atoms with van der Waals surface area (Å²) in [4.78, 5) is 13.1. The number of nitrogens with zero attached hydrogens (tertiary/aromatic N) is 3. The van der Waals surface area contributed by atoms with Crippen LogP contribution in [0.4, 0.5) is 0 Å². The summed E-state index contributed by atoms with van der Waals surface area (Å²) in [5, 5.41) is 16.2. The molecule has 0 amide bonds. The first-order chi connectivity index (χ1) is 7.91. The molecule has 0 radical (unpaired) electrons. The number of hydrogen-bond acceptors (Lipinski definition) is 4. The number of hydrogen-bond donors (Lipinski definition) is 2. The second-order valence-electron chi connectivity index (χ2n) is 4.48. The molecule has 0 aromatic carbocycles. The van der Waals surface area contributed by atoms with Crippen LogP contribution in [0.1, 0.15) is 23.0 Å². The predicted octanol–water partition coefficient (Wildman–Crippen LogP) is 0.158. The molecule has 0 saturated heterocycles. The van der Waals surface area contributed by atoms with Crippen molar-refractivity contribution in [3.8, 4) is 0 Å². The SMILES string of the molecule is CC(CN(C)C)NCc1c(C(=O)O)cnn1C. The smallest absolute Gasteiger partial charge is 0.339 e. The fraction of sp³-hybridized carbons (Fsp3) is 0.636. The third kappa shape index (κ3) is 3.83. The number of aromatic carboxylic acids is 1. The quantitative estimate of drug-likeness (QED) is 0.741. The van der Waals surface area contributed by atoms with Crippen LogP contribution >= 0.6 is 0 Å². The molecule has 1 atom stereocenters. The number of carbonyl (C=O) groups is 1. The predicted molar refractivity (Wildman–Crippen MR) is 65.0 cm³/mol. The van der Waals surface area contributed by atoms with Gasteiger partial charge in [0.2, 0.25) is 0 Å². The molecule has 0 bridgehead atoms. The number of carboxylic acid groups (broad SMARTS) is 1. The summed E-state index contributed by atoms with van der Waals surface area (Å²) in [5.41, 5.74) is 0.958. The largest absolute Gasteiger partial charge is 0.478 e. The molecule has 96 valence electrons. The maximum absolute atomic E-state index is 11.0. The fourth-order valence-corrected chi connectivity index (χ4v) is 1.73. The standard InChI is InChI=1S/C11H20N4O2/c1-8(7-14(2)3)12-6-10-9(11(16)17)5-13-15(10)4/h5,8,12H,6-7H2,1-4H3,(H,16,17). The molecular formula is C11H20N4O2. The lowest BCUT2D eigenvalue weighted by Gasteiger charge is -2.18. The summed E-state index contributed by atoms with van der Waals surface area (Å²) in [5.74, 6) is -0.935. The van der Waals surface area contributed by atoms with Gasteiger partial charge in [-0.25, -0.2) is 4.79 Å². The van der Waals surface area contributed by atoms with Gasteiger partial charge in [-0.15, -0.1) is 0 Å². The van der Waals surface area contributed by atoms with Crippen LogP contribution in [0.3, 0.4) is 0 Å². The maximum Gasteiger partial charge on any atom is 0.339 e. The van der Waals surface area contributed by atoms with Gasteiger partial charge in [0.05, 0.1) is 11.9 Å². The molecule has 0 aliphatic rings. The van der Waals surface area contributed by atoms with Gasteiger partial charge in [-0.1, -0.05) is 0 Å². The Hall–Kier alpha value is -1.40. The van der Waals surface area contributed by atoms with E-state index >= 15 is 0 Å². The molecule has 0 fully saturated rings. The lowest BCUT2D eigenvalue weighted by molar-refractivity contribution is 0.0695. The van der Waals surface area contributed by atoms with E-state index < -0.39 is 5.97 Å². The van der Waals surface area contributed by atoms with Gasteiger partial charge < -0.3 is 15.3 Å². The van der Waals surface area contributed by atoms with Gasteiger partial charge in [-0.05, 0) is 21.0 Å². The molecule has 0 spiro atoms. The molecule has 1 aromatic heterocycles. The van der Waals surface area contributed by atoms with Crippen LogP contribution in [0.15, 0.2) is 6.20 Å². The molecule has 6 nitrogen and oxygen atoms in total. The summed E-state index contributed by atoms with van der Waals surface area (Å²) in [6, 6.07) is 0.293. The van der Waals surface area contributed by atoms with Crippen LogP contribution in [-0.2, 0) is 13.6 Å². The topological polar surface area (TPSA) is 70.4 Å². The Morgan fingerprint density at radius 3 is 2.82 bits per heavy atom. The minimum absolute atomic E-state index is 0.261. The average molecular weight is 240 g/mol. The highest BCUT2D eigenvalue weighted by Crippen LogP contribution is 2.07. The average Bonchev–Trinajstić information content (AvgIpc) is 2.55. The first-order valence-electron chi connectivity index (χ1n) is 5.54. The first-order valence-corrected chi connectivity index (χ1v) is 5.54. The zero-order valence-electron chi connectivity index (χ0n) is 10.8. The lowest BCUT2D eigenvalue weighted by atomic mass is 10.2. The van der Waals surface area contributed by atoms with E-state index in [4.69, 9.17) is 5.11 Å².